The second-order valence-electron chi connectivity index (χ2n) is 17.5. The Morgan fingerprint density at radius 1 is 0.592 bits per heavy atom. The van der Waals surface area contributed by atoms with Crippen molar-refractivity contribution in [1.82, 2.24) is 44.0 Å². The third kappa shape index (κ3) is 30.8. The number of rotatable bonds is 34. The first-order valence-corrected chi connectivity index (χ1v) is 25.7. The summed E-state index contributed by atoms with van der Waals surface area (Å²) in [6, 6.07) is 17.0. The van der Waals surface area contributed by atoms with E-state index in [4.69, 9.17) is 15.2 Å². The number of nitrogens with one attached hydrogen (secondary N) is 1. The van der Waals surface area contributed by atoms with E-state index in [1.807, 2.05) is 37.9 Å². The van der Waals surface area contributed by atoms with Crippen LogP contribution in [0, 0.1) is 0 Å². The summed E-state index contributed by atoms with van der Waals surface area (Å²) in [5.41, 5.74) is 10.5. The van der Waals surface area contributed by atoms with Crippen molar-refractivity contribution in [2.75, 3.05) is 78.7 Å². The Balaban J connectivity index is 0. The van der Waals surface area contributed by atoms with Crippen molar-refractivity contribution in [3.05, 3.63) is 107 Å². The summed E-state index contributed by atoms with van der Waals surface area (Å²) >= 11 is 0. The molecule has 0 unspecified atom stereocenters. The number of aldehydes is 1. The molecular weight excluding hydrogens is 902 g/mol. The Bertz CT molecular complexity index is 1910. The molecule has 2 heterocycles. The second-order valence-corrected chi connectivity index (χ2v) is 17.5. The second kappa shape index (κ2) is 42.8. The van der Waals surface area contributed by atoms with Crippen molar-refractivity contribution in [2.45, 2.75) is 126 Å². The van der Waals surface area contributed by atoms with Gasteiger partial charge in [-0.1, -0.05) is 76.2 Å². The van der Waals surface area contributed by atoms with E-state index in [2.05, 4.69) is 111 Å². The van der Waals surface area contributed by atoms with Crippen LogP contribution in [0.1, 0.15) is 133 Å². The number of imidazole rings is 2. The van der Waals surface area contributed by atoms with Gasteiger partial charge in [-0.25, -0.2) is 9.97 Å². The van der Waals surface area contributed by atoms with E-state index in [9.17, 15) is 14.4 Å². The predicted octanol–water partition coefficient (Wildman–Crippen LogP) is 4.36. The zero-order valence-electron chi connectivity index (χ0n) is 46.5. The fourth-order valence-electron chi connectivity index (χ4n) is 7.92. The number of aryl methyl sites for hydroxylation is 2. The Kier molecular flexibility index (Phi) is 40.5. The number of nitrogens with two attached hydrogens (primary N) is 1. The van der Waals surface area contributed by atoms with Crippen LogP contribution in [0.4, 0.5) is 0 Å². The zero-order chi connectivity index (χ0) is 50.5. The van der Waals surface area contributed by atoms with E-state index >= 15 is 0 Å². The third-order valence-corrected chi connectivity index (χ3v) is 11.5. The van der Waals surface area contributed by atoms with Crippen LogP contribution in [0.25, 0.3) is 0 Å². The number of carbonyl (C=O) groups excluding carboxylic acids is 3. The van der Waals surface area contributed by atoms with Gasteiger partial charge in [0.2, 0.25) is 0 Å². The first-order valence-electron chi connectivity index (χ1n) is 25.7. The van der Waals surface area contributed by atoms with E-state index in [0.29, 0.717) is 38.7 Å². The molecule has 2 aromatic heterocycles. The van der Waals surface area contributed by atoms with Crippen LogP contribution < -0.4 is 40.6 Å². The summed E-state index contributed by atoms with van der Waals surface area (Å²) in [7, 11) is 3.78. The normalized spacial score (nSPS) is 10.8. The van der Waals surface area contributed by atoms with Gasteiger partial charge < -0.3 is 40.9 Å². The molecule has 71 heavy (non-hydrogen) atoms. The summed E-state index contributed by atoms with van der Waals surface area (Å²) in [4.78, 5) is 51.7. The number of esters is 2. The molecule has 0 spiro atoms. The molecule has 0 bridgehead atoms. The average Bonchev–Trinajstić information content (AvgIpc) is 3.96. The number of aromatic nitrogens is 4. The van der Waals surface area contributed by atoms with E-state index in [-0.39, 0.29) is 51.3 Å². The van der Waals surface area contributed by atoms with Crippen LogP contribution in [0.2, 0.25) is 0 Å². The smallest absolute Gasteiger partial charge is 1.00 e. The van der Waals surface area contributed by atoms with Crippen molar-refractivity contribution < 1.29 is 54.8 Å². The molecule has 0 saturated carbocycles. The standard InChI is InChI=1S/C27H45N5O2.C22H39N3O2.C5H6N2O.B.Na.H/c1-5-15-31(16-6-2)17-8-9-18-32(23-27(33)34-7-3)22-25-12-10-24(11-13-25)20-28-21-26-29-14-19-30(26)4;1-4-13-24(14-5-2)15-7-8-16-25(19-22(26)27-6-3)18-21-11-9-20(17-23)10-12-21;1-7-3-2-6-5(7)4-8;;;/h10-14,19,28H,5-9,15-18,20-23H2,1-4H3;9-12H,4-8,13-19,23H2,1-3H3;2-4H,1H3;;;/q;;;;+1;-1. The Labute approximate surface area is 454 Å². The van der Waals surface area contributed by atoms with Gasteiger partial charge >= 0.3 is 41.5 Å². The Hall–Kier alpha value is -3.71. The van der Waals surface area contributed by atoms with Crippen LogP contribution in [-0.2, 0) is 65.9 Å². The number of hydrogen-bond donors (Lipinski definition) is 2. The van der Waals surface area contributed by atoms with Crippen molar-refractivity contribution in [3.8, 4) is 0 Å². The van der Waals surface area contributed by atoms with Crippen molar-refractivity contribution in [2.24, 2.45) is 19.8 Å². The molecule has 0 atom stereocenters. The minimum atomic E-state index is -0.144. The summed E-state index contributed by atoms with van der Waals surface area (Å²) in [6.45, 7) is 26.6. The molecule has 2 aromatic carbocycles. The van der Waals surface area contributed by atoms with Gasteiger partial charge in [-0.05, 0) is 140 Å². The Morgan fingerprint density at radius 2 is 0.986 bits per heavy atom. The topological polar surface area (TPSA) is 156 Å². The molecule has 0 aliphatic carbocycles. The molecule has 391 valence electrons. The molecule has 15 nitrogen and oxygen atoms in total. The molecule has 0 saturated heterocycles. The van der Waals surface area contributed by atoms with Crippen molar-refractivity contribution in [3.63, 3.8) is 0 Å². The largest absolute Gasteiger partial charge is 1.00 e. The Morgan fingerprint density at radius 3 is 1.32 bits per heavy atom. The van der Waals surface area contributed by atoms with Gasteiger partial charge in [0.05, 0.1) is 32.8 Å². The number of unbranched alkanes of at least 4 members (excludes halogenated alkanes) is 2. The fourth-order valence-corrected chi connectivity index (χ4v) is 7.92. The number of carbonyl (C=O) groups is 3. The molecule has 3 radical (unpaired) electrons. The maximum absolute atomic E-state index is 12.2. The summed E-state index contributed by atoms with van der Waals surface area (Å²) < 4.78 is 14.1. The van der Waals surface area contributed by atoms with Gasteiger partial charge in [0, 0.05) is 73.5 Å². The minimum Gasteiger partial charge on any atom is -1.00 e. The van der Waals surface area contributed by atoms with Crippen LogP contribution >= 0.6 is 0 Å². The summed E-state index contributed by atoms with van der Waals surface area (Å²) in [5, 5.41) is 3.45. The molecular formula is C54H91BN10NaO5. The molecule has 4 rings (SSSR count). The zero-order valence-corrected chi connectivity index (χ0v) is 47.5. The van der Waals surface area contributed by atoms with Gasteiger partial charge in [0.25, 0.3) is 0 Å². The van der Waals surface area contributed by atoms with Crippen molar-refractivity contribution in [1.29, 1.82) is 0 Å². The SMILES string of the molecule is CCCN(CCC)CCCCN(CC(=O)OCC)Cc1ccc(CN)cc1.CCCN(CCC)CCCCN(CC(=O)OCC)Cc1ccc(CNCc2nccn2C)cc1.Cn1ccnc1C=O.[B].[H-].[Na+]. The first-order chi connectivity index (χ1) is 33.5. The molecule has 0 aliphatic rings. The molecule has 3 N–H and O–H groups in total. The minimum absolute atomic E-state index is 0. The van der Waals surface area contributed by atoms with E-state index in [0.717, 1.165) is 95.7 Å². The van der Waals surface area contributed by atoms with E-state index in [1.54, 1.807) is 24.0 Å². The molecule has 0 amide bonds. The molecule has 0 aliphatic heterocycles. The number of ether oxygens (including phenoxy) is 2. The number of benzene rings is 2. The van der Waals surface area contributed by atoms with Crippen LogP contribution in [0.15, 0.2) is 73.3 Å². The average molecular weight is 994 g/mol. The molecule has 4 aromatic rings. The number of hydrogen-bond acceptors (Lipinski definition) is 13. The molecule has 17 heteroatoms. The van der Waals surface area contributed by atoms with Gasteiger partial charge in [0.1, 0.15) is 5.82 Å². The quantitative estimate of drug-likeness (QED) is 0.0295. The summed E-state index contributed by atoms with van der Waals surface area (Å²) in [6.07, 6.45) is 17.1. The maximum Gasteiger partial charge on any atom is 1.00 e. The maximum atomic E-state index is 12.2. The van der Waals surface area contributed by atoms with Crippen LogP contribution in [0.3, 0.4) is 0 Å². The van der Waals surface area contributed by atoms with Crippen LogP contribution in [-0.4, -0.2) is 144 Å². The summed E-state index contributed by atoms with van der Waals surface area (Å²) in [5.74, 6) is 1.20. The van der Waals surface area contributed by atoms with Gasteiger partial charge in [0.15, 0.2) is 12.1 Å². The van der Waals surface area contributed by atoms with Gasteiger partial charge in [-0.3, -0.25) is 24.2 Å². The van der Waals surface area contributed by atoms with Crippen molar-refractivity contribution >= 4 is 26.6 Å². The predicted molar refractivity (Wildman–Crippen MR) is 286 cm³/mol. The third-order valence-electron chi connectivity index (χ3n) is 11.5. The molecule has 0 fully saturated rings. The van der Waals surface area contributed by atoms with E-state index < -0.39 is 0 Å². The number of nitrogens with zero attached hydrogens (tertiary/aromatic N) is 8. The van der Waals surface area contributed by atoms with Crippen LogP contribution in [0.5, 0.6) is 0 Å². The van der Waals surface area contributed by atoms with Gasteiger partial charge in [-0.2, -0.15) is 0 Å². The van der Waals surface area contributed by atoms with E-state index in [1.165, 1.54) is 68.6 Å². The monoisotopic (exact) mass is 994 g/mol. The van der Waals surface area contributed by atoms with Gasteiger partial charge in [-0.15, -0.1) is 0 Å². The fraction of sp³-hybridized carbons (Fsp3) is 0.611. The first kappa shape index (κ1) is 67.3.